The van der Waals surface area contributed by atoms with E-state index in [0.29, 0.717) is 28.7 Å². The first-order valence-electron chi connectivity index (χ1n) is 6.31. The standard InChI is InChI=1S/C15H13N3O3/c1-20-15-11-7-6-10(19)9-13(11)17-14(18(15)21-2)12-5-3-4-8-16-12/h3-9H,1-2H3. The van der Waals surface area contributed by atoms with Crippen molar-refractivity contribution in [1.82, 2.24) is 14.7 Å². The number of nitrogens with zero attached hydrogens (tertiary/aromatic N) is 3. The lowest BCUT2D eigenvalue weighted by molar-refractivity contribution is 0.138. The number of hydrogen-bond donors (Lipinski definition) is 0. The molecule has 0 bridgehead atoms. The van der Waals surface area contributed by atoms with Gasteiger partial charge >= 0.3 is 0 Å². The van der Waals surface area contributed by atoms with Gasteiger partial charge in [0.05, 0.1) is 18.4 Å². The molecular formula is C15H13N3O3. The van der Waals surface area contributed by atoms with Gasteiger partial charge in [0.2, 0.25) is 5.88 Å². The van der Waals surface area contributed by atoms with E-state index < -0.39 is 0 Å². The molecule has 3 rings (SSSR count). The van der Waals surface area contributed by atoms with Crippen LogP contribution in [0.3, 0.4) is 0 Å². The Morgan fingerprint density at radius 2 is 1.95 bits per heavy atom. The third kappa shape index (κ3) is 2.20. The van der Waals surface area contributed by atoms with E-state index in [0.717, 1.165) is 0 Å². The molecule has 1 aliphatic carbocycles. The number of benzene rings is 1. The van der Waals surface area contributed by atoms with Crippen molar-refractivity contribution in [2.75, 3.05) is 14.2 Å². The number of methoxy groups -OCH3 is 1. The molecular weight excluding hydrogens is 270 g/mol. The van der Waals surface area contributed by atoms with Crippen LogP contribution in [0.15, 0.2) is 47.4 Å². The highest BCUT2D eigenvalue weighted by Gasteiger charge is 2.20. The molecule has 2 aliphatic rings. The number of rotatable bonds is 3. The quantitative estimate of drug-likeness (QED) is 0.728. The zero-order chi connectivity index (χ0) is 14.8. The van der Waals surface area contributed by atoms with Crippen LogP contribution in [0, 0.1) is 0 Å². The molecule has 1 aliphatic heterocycles. The van der Waals surface area contributed by atoms with Gasteiger partial charge in [-0.2, -0.15) is 0 Å². The van der Waals surface area contributed by atoms with E-state index in [2.05, 4.69) is 9.97 Å². The van der Waals surface area contributed by atoms with E-state index in [1.807, 2.05) is 18.2 Å². The fraction of sp³-hybridized carbons (Fsp3) is 0.133. The SMILES string of the molecule is COc1c2ccc(=O)cc-2nc(-c2ccccn2)n1OC. The Kier molecular flexibility index (Phi) is 3.27. The minimum atomic E-state index is -0.112. The summed E-state index contributed by atoms with van der Waals surface area (Å²) in [5.41, 5.74) is 1.74. The summed E-state index contributed by atoms with van der Waals surface area (Å²) in [5, 5.41) is 0. The second kappa shape index (κ2) is 5.24. The maximum atomic E-state index is 11.6. The molecule has 0 aromatic carbocycles. The molecule has 0 unspecified atom stereocenters. The van der Waals surface area contributed by atoms with E-state index in [9.17, 15) is 4.79 Å². The minimum Gasteiger partial charge on any atom is -0.480 e. The van der Waals surface area contributed by atoms with Crippen LogP contribution in [0.5, 0.6) is 5.88 Å². The Labute approximate surface area is 120 Å². The van der Waals surface area contributed by atoms with Gasteiger partial charge in [0.1, 0.15) is 12.8 Å². The molecule has 2 heterocycles. The van der Waals surface area contributed by atoms with Gasteiger partial charge in [-0.25, -0.2) is 4.98 Å². The molecule has 0 N–H and O–H groups in total. The second-order valence-electron chi connectivity index (χ2n) is 4.32. The summed E-state index contributed by atoms with van der Waals surface area (Å²) in [5.74, 6) is 0.927. The maximum absolute atomic E-state index is 11.6. The fourth-order valence-corrected chi connectivity index (χ4v) is 2.17. The van der Waals surface area contributed by atoms with Crippen molar-refractivity contribution < 1.29 is 9.57 Å². The summed E-state index contributed by atoms with van der Waals surface area (Å²) in [7, 11) is 3.06. The van der Waals surface area contributed by atoms with Crippen LogP contribution in [0.2, 0.25) is 0 Å². The van der Waals surface area contributed by atoms with Crippen molar-refractivity contribution in [3.8, 4) is 28.7 Å². The summed E-state index contributed by atoms with van der Waals surface area (Å²) in [6, 6.07) is 10.1. The molecule has 0 saturated heterocycles. The predicted octanol–water partition coefficient (Wildman–Crippen LogP) is 1.48. The Morgan fingerprint density at radius 1 is 1.10 bits per heavy atom. The van der Waals surface area contributed by atoms with Crippen LogP contribution in [-0.4, -0.2) is 28.9 Å². The molecule has 106 valence electrons. The van der Waals surface area contributed by atoms with Gasteiger partial charge < -0.3 is 9.57 Å². The van der Waals surface area contributed by atoms with Crippen molar-refractivity contribution in [1.29, 1.82) is 0 Å². The first-order valence-corrected chi connectivity index (χ1v) is 6.31. The van der Waals surface area contributed by atoms with Crippen molar-refractivity contribution in [2.24, 2.45) is 0 Å². The van der Waals surface area contributed by atoms with Crippen molar-refractivity contribution >= 4 is 0 Å². The molecule has 6 heteroatoms. The summed E-state index contributed by atoms with van der Waals surface area (Å²) in [6.07, 6.45) is 1.66. The molecule has 0 atom stereocenters. The van der Waals surface area contributed by atoms with Gasteiger partial charge in [-0.3, -0.25) is 9.78 Å². The molecule has 1 aromatic rings. The van der Waals surface area contributed by atoms with Gasteiger partial charge in [0.25, 0.3) is 0 Å². The summed E-state index contributed by atoms with van der Waals surface area (Å²) in [4.78, 5) is 25.7. The normalized spacial score (nSPS) is 10.6. The average Bonchev–Trinajstić information content (AvgIpc) is 2.53. The Balaban J connectivity index is 2.39. The molecule has 0 fully saturated rings. The van der Waals surface area contributed by atoms with E-state index in [1.165, 1.54) is 31.1 Å². The van der Waals surface area contributed by atoms with Crippen molar-refractivity contribution in [3.63, 3.8) is 0 Å². The number of ether oxygens (including phenoxy) is 1. The van der Waals surface area contributed by atoms with Crippen LogP contribution < -0.4 is 15.0 Å². The van der Waals surface area contributed by atoms with Crippen LogP contribution in [0.25, 0.3) is 22.8 Å². The maximum Gasteiger partial charge on any atom is 0.239 e. The van der Waals surface area contributed by atoms with Crippen molar-refractivity contribution in [2.45, 2.75) is 0 Å². The summed E-state index contributed by atoms with van der Waals surface area (Å²) in [6.45, 7) is 0. The van der Waals surface area contributed by atoms with E-state index in [4.69, 9.17) is 9.57 Å². The molecule has 0 radical (unpaired) electrons. The zero-order valence-electron chi connectivity index (χ0n) is 11.6. The minimum absolute atomic E-state index is 0.112. The Morgan fingerprint density at radius 3 is 2.62 bits per heavy atom. The van der Waals surface area contributed by atoms with Crippen LogP contribution in [0.1, 0.15) is 0 Å². The highest BCUT2D eigenvalue weighted by molar-refractivity contribution is 5.70. The molecule has 0 amide bonds. The lowest BCUT2D eigenvalue weighted by atomic mass is 10.1. The lowest BCUT2D eigenvalue weighted by Crippen LogP contribution is -2.17. The first kappa shape index (κ1) is 13.1. The van der Waals surface area contributed by atoms with Gasteiger partial charge in [-0.1, -0.05) is 6.07 Å². The molecule has 21 heavy (non-hydrogen) atoms. The average molecular weight is 283 g/mol. The monoisotopic (exact) mass is 283 g/mol. The lowest BCUT2D eigenvalue weighted by Gasteiger charge is -2.19. The highest BCUT2D eigenvalue weighted by atomic mass is 16.7. The Bertz CT molecular complexity index is 799. The van der Waals surface area contributed by atoms with Crippen LogP contribution in [-0.2, 0) is 0 Å². The third-order valence-corrected chi connectivity index (χ3v) is 3.07. The second-order valence-corrected chi connectivity index (χ2v) is 4.32. The van der Waals surface area contributed by atoms with Gasteiger partial charge in [0.15, 0.2) is 11.3 Å². The number of hydrogen-bond acceptors (Lipinski definition) is 5. The van der Waals surface area contributed by atoms with Crippen LogP contribution in [0.4, 0.5) is 0 Å². The van der Waals surface area contributed by atoms with E-state index >= 15 is 0 Å². The topological polar surface area (TPSA) is 66.2 Å². The first-order chi connectivity index (χ1) is 10.2. The van der Waals surface area contributed by atoms with Crippen molar-refractivity contribution in [3.05, 3.63) is 52.8 Å². The zero-order valence-corrected chi connectivity index (χ0v) is 11.6. The smallest absolute Gasteiger partial charge is 0.239 e. The van der Waals surface area contributed by atoms with Gasteiger partial charge in [-0.15, -0.1) is 4.73 Å². The molecule has 6 nitrogen and oxygen atoms in total. The Hall–Kier alpha value is -2.89. The molecule has 1 aromatic heterocycles. The van der Waals surface area contributed by atoms with Gasteiger partial charge in [0, 0.05) is 12.3 Å². The number of pyridine rings is 1. The third-order valence-electron chi connectivity index (χ3n) is 3.07. The van der Waals surface area contributed by atoms with Crippen LogP contribution >= 0.6 is 0 Å². The predicted molar refractivity (Wildman–Crippen MR) is 77.4 cm³/mol. The summed E-state index contributed by atoms with van der Waals surface area (Å²) >= 11 is 0. The molecule has 0 saturated carbocycles. The largest absolute Gasteiger partial charge is 0.480 e. The fourth-order valence-electron chi connectivity index (χ4n) is 2.17. The summed E-state index contributed by atoms with van der Waals surface area (Å²) < 4.78 is 6.87. The molecule has 0 spiro atoms. The highest BCUT2D eigenvalue weighted by Crippen LogP contribution is 2.32. The number of aromatic nitrogens is 3. The van der Waals surface area contributed by atoms with Gasteiger partial charge in [-0.05, 0) is 24.3 Å². The van der Waals surface area contributed by atoms with E-state index in [-0.39, 0.29) is 5.43 Å². The number of fused-ring (bicyclic) bond motifs is 1. The van der Waals surface area contributed by atoms with E-state index in [1.54, 1.807) is 12.3 Å².